The SMILES string of the molecule is [2H]C([2H])(N1C(=O)c2ccccc2C1=O)C([2H])([2H])N1C(=O)c2ccccc2C1=O. The van der Waals surface area contributed by atoms with Crippen molar-refractivity contribution in [2.24, 2.45) is 0 Å². The van der Waals surface area contributed by atoms with Crippen molar-refractivity contribution in [3.05, 3.63) is 70.8 Å². The molecule has 0 saturated carbocycles. The van der Waals surface area contributed by atoms with E-state index in [9.17, 15) is 19.2 Å². The predicted octanol–water partition coefficient (Wildman–Crippen LogP) is 1.58. The number of carbonyl (C=O) groups is 4. The first-order valence-corrected chi connectivity index (χ1v) is 7.06. The second-order valence-electron chi connectivity index (χ2n) is 5.21. The fourth-order valence-corrected chi connectivity index (χ4v) is 2.68. The Kier molecular flexibility index (Phi) is 2.24. The van der Waals surface area contributed by atoms with Gasteiger partial charge in [-0.1, -0.05) is 24.3 Å². The molecule has 2 heterocycles. The van der Waals surface area contributed by atoms with Crippen LogP contribution in [0, 0.1) is 0 Å². The summed E-state index contributed by atoms with van der Waals surface area (Å²) in [6.45, 7) is -6.62. The van der Waals surface area contributed by atoms with E-state index in [1.807, 2.05) is 0 Å². The number of benzene rings is 2. The van der Waals surface area contributed by atoms with E-state index < -0.39 is 36.6 Å². The number of fused-ring (bicyclic) bond motifs is 2. The second-order valence-corrected chi connectivity index (χ2v) is 5.21. The van der Waals surface area contributed by atoms with Crippen molar-refractivity contribution >= 4 is 23.6 Å². The maximum atomic E-state index is 12.6. The quantitative estimate of drug-likeness (QED) is 0.803. The van der Waals surface area contributed by atoms with Crippen LogP contribution in [0.15, 0.2) is 48.5 Å². The third kappa shape index (κ3) is 1.89. The molecule has 4 rings (SSSR count). The van der Waals surface area contributed by atoms with Gasteiger partial charge in [-0.05, 0) is 24.3 Å². The average Bonchev–Trinajstić information content (AvgIpc) is 3.07. The first-order chi connectivity index (χ1) is 13.1. The van der Waals surface area contributed by atoms with Gasteiger partial charge in [-0.25, -0.2) is 0 Å². The summed E-state index contributed by atoms with van der Waals surface area (Å²) < 4.78 is 33.0. The molecule has 0 radical (unpaired) electrons. The number of imide groups is 2. The van der Waals surface area contributed by atoms with Crippen LogP contribution in [0.4, 0.5) is 0 Å². The highest BCUT2D eigenvalue weighted by atomic mass is 16.2. The summed E-state index contributed by atoms with van der Waals surface area (Å²) in [5, 5.41) is 0. The summed E-state index contributed by atoms with van der Waals surface area (Å²) >= 11 is 0. The Labute approximate surface area is 142 Å². The first kappa shape index (κ1) is 10.5. The molecule has 0 bridgehead atoms. The van der Waals surface area contributed by atoms with Crippen LogP contribution in [-0.4, -0.2) is 46.4 Å². The fourth-order valence-electron chi connectivity index (χ4n) is 2.68. The van der Waals surface area contributed by atoms with E-state index in [1.54, 1.807) is 0 Å². The molecule has 2 aliphatic rings. The lowest BCUT2D eigenvalue weighted by Crippen LogP contribution is -2.40. The molecule has 24 heavy (non-hydrogen) atoms. The van der Waals surface area contributed by atoms with Gasteiger partial charge in [0.05, 0.1) is 27.7 Å². The summed E-state index contributed by atoms with van der Waals surface area (Å²) in [6.07, 6.45) is 0. The van der Waals surface area contributed by atoms with Crippen LogP contribution in [0.3, 0.4) is 0 Å². The third-order valence-electron chi connectivity index (χ3n) is 3.86. The van der Waals surface area contributed by atoms with Gasteiger partial charge in [-0.15, -0.1) is 0 Å². The molecule has 4 amide bonds. The Hall–Kier alpha value is -3.28. The van der Waals surface area contributed by atoms with Gasteiger partial charge in [0.2, 0.25) is 0 Å². The highest BCUT2D eigenvalue weighted by Gasteiger charge is 2.38. The van der Waals surface area contributed by atoms with Crippen molar-refractivity contribution in [1.82, 2.24) is 9.80 Å². The molecule has 6 nitrogen and oxygen atoms in total. The molecule has 0 aliphatic carbocycles. The Balaban J connectivity index is 1.78. The number of nitrogens with zero attached hydrogens (tertiary/aromatic N) is 2. The molecular weight excluding hydrogens is 308 g/mol. The minimum Gasteiger partial charge on any atom is -0.273 e. The zero-order chi connectivity index (χ0) is 20.4. The van der Waals surface area contributed by atoms with E-state index in [0.717, 1.165) is 0 Å². The molecule has 118 valence electrons. The van der Waals surface area contributed by atoms with Crippen molar-refractivity contribution in [2.45, 2.75) is 0 Å². The summed E-state index contributed by atoms with van der Waals surface area (Å²) in [5.41, 5.74) is -0.298. The molecule has 0 spiro atoms. The van der Waals surface area contributed by atoms with E-state index in [4.69, 9.17) is 5.48 Å². The van der Waals surface area contributed by atoms with Gasteiger partial charge in [0.15, 0.2) is 0 Å². The first-order valence-electron chi connectivity index (χ1n) is 9.06. The molecule has 0 saturated heterocycles. The van der Waals surface area contributed by atoms with Gasteiger partial charge >= 0.3 is 0 Å². The van der Waals surface area contributed by atoms with Gasteiger partial charge in [0.25, 0.3) is 23.6 Å². The lowest BCUT2D eigenvalue weighted by Gasteiger charge is -2.18. The lowest BCUT2D eigenvalue weighted by molar-refractivity contribution is 0.0561. The monoisotopic (exact) mass is 324 g/mol. The number of amides is 4. The van der Waals surface area contributed by atoms with Crippen molar-refractivity contribution < 1.29 is 24.7 Å². The number of hydrogen-bond donors (Lipinski definition) is 0. The van der Waals surface area contributed by atoms with Crippen molar-refractivity contribution in [3.8, 4) is 0 Å². The minimum absolute atomic E-state index is 0.0745. The summed E-state index contributed by atoms with van der Waals surface area (Å²) in [4.78, 5) is 50.7. The predicted molar refractivity (Wildman–Crippen MR) is 83.6 cm³/mol. The molecule has 0 aromatic heterocycles. The third-order valence-corrected chi connectivity index (χ3v) is 3.86. The zero-order valence-electron chi connectivity index (χ0n) is 16.1. The van der Waals surface area contributed by atoms with Gasteiger partial charge in [-0.2, -0.15) is 0 Å². The molecular formula is C18H12N2O4. The molecule has 2 aliphatic heterocycles. The zero-order valence-corrected chi connectivity index (χ0v) is 12.1. The molecule has 6 heteroatoms. The highest BCUT2D eigenvalue weighted by Crippen LogP contribution is 2.24. The Morgan fingerprint density at radius 1 is 0.583 bits per heavy atom. The van der Waals surface area contributed by atoms with Crippen LogP contribution in [0.25, 0.3) is 0 Å². The highest BCUT2D eigenvalue weighted by molar-refractivity contribution is 6.22. The van der Waals surface area contributed by atoms with E-state index in [1.165, 1.54) is 48.5 Å². The molecule has 0 fully saturated rings. The molecule has 0 N–H and O–H groups in total. The van der Waals surface area contributed by atoms with E-state index >= 15 is 0 Å². The Morgan fingerprint density at radius 2 is 0.833 bits per heavy atom. The van der Waals surface area contributed by atoms with Crippen molar-refractivity contribution in [3.63, 3.8) is 0 Å². The smallest absolute Gasteiger partial charge is 0.261 e. The van der Waals surface area contributed by atoms with Gasteiger partial charge < -0.3 is 0 Å². The molecule has 0 unspecified atom stereocenters. The largest absolute Gasteiger partial charge is 0.273 e. The Bertz CT molecular complexity index is 927. The van der Waals surface area contributed by atoms with Crippen molar-refractivity contribution in [1.29, 1.82) is 0 Å². The Morgan fingerprint density at radius 3 is 1.08 bits per heavy atom. The molecule has 2 aromatic carbocycles. The second kappa shape index (κ2) is 5.13. The van der Waals surface area contributed by atoms with Crippen LogP contribution in [0.2, 0.25) is 0 Å². The number of hydrogen-bond acceptors (Lipinski definition) is 4. The van der Waals surface area contributed by atoms with Crippen molar-refractivity contribution in [2.75, 3.05) is 13.0 Å². The van der Waals surface area contributed by atoms with Gasteiger partial charge in [0.1, 0.15) is 0 Å². The summed E-state index contributed by atoms with van der Waals surface area (Å²) in [5.74, 6) is -4.14. The lowest BCUT2D eigenvalue weighted by atomic mass is 10.1. The summed E-state index contributed by atoms with van der Waals surface area (Å²) in [6, 6.07) is 11.2. The summed E-state index contributed by atoms with van der Waals surface area (Å²) in [7, 11) is 0. The average molecular weight is 324 g/mol. The van der Waals surface area contributed by atoms with Crippen LogP contribution < -0.4 is 0 Å². The van der Waals surface area contributed by atoms with E-state index in [0.29, 0.717) is 0 Å². The standard InChI is InChI=1S/C18H12N2O4/c21-15-11-5-1-2-6-12(11)16(22)19(15)9-10-20-17(23)13-7-3-4-8-14(13)18(20)24/h1-8H,9-10H2/i9D2,10D2. The number of carbonyl (C=O) groups excluding carboxylic acids is 4. The maximum absolute atomic E-state index is 12.6. The number of rotatable bonds is 3. The maximum Gasteiger partial charge on any atom is 0.261 e. The van der Waals surface area contributed by atoms with Gasteiger partial charge in [0, 0.05) is 13.0 Å². The minimum atomic E-state index is -3.31. The van der Waals surface area contributed by atoms with Crippen LogP contribution in [0.1, 0.15) is 46.9 Å². The van der Waals surface area contributed by atoms with Crippen LogP contribution in [0.5, 0.6) is 0 Å². The van der Waals surface area contributed by atoms with E-state index in [-0.39, 0.29) is 32.1 Å². The fraction of sp³-hybridized carbons (Fsp3) is 0.111. The van der Waals surface area contributed by atoms with E-state index in [2.05, 4.69) is 0 Å². The molecule has 2 aromatic rings. The molecule has 0 atom stereocenters. The topological polar surface area (TPSA) is 74.8 Å². The normalized spacial score (nSPS) is 19.7. The van der Waals surface area contributed by atoms with Crippen LogP contribution in [-0.2, 0) is 0 Å². The van der Waals surface area contributed by atoms with Crippen LogP contribution >= 0.6 is 0 Å². The van der Waals surface area contributed by atoms with Gasteiger partial charge in [-0.3, -0.25) is 29.0 Å².